The average molecular weight is 564 g/mol. The highest BCUT2D eigenvalue weighted by Crippen LogP contribution is 2.42. The van der Waals surface area contributed by atoms with Crippen LogP contribution < -0.4 is 19.7 Å². The monoisotopic (exact) mass is 563 g/mol. The molecule has 0 saturated carbocycles. The van der Waals surface area contributed by atoms with Crippen LogP contribution in [0.4, 0.5) is 11.4 Å². The zero-order chi connectivity index (χ0) is 25.7. The molecular formula is C27H22BrN3O4S. The first kappa shape index (κ1) is 25.4. The molecule has 7 nitrogen and oxygen atoms in total. The number of nitrogens with one attached hydrogen (secondary N) is 1. The van der Waals surface area contributed by atoms with Crippen LogP contribution in [0.2, 0.25) is 0 Å². The SMILES string of the molecule is COc1ccc(N2C(=O)C(Cc3ccc(Br)cc3)S/C2=C(/C#N)C(=O)Nc2ccccc2OC)cc1. The third kappa shape index (κ3) is 5.40. The van der Waals surface area contributed by atoms with E-state index in [1.54, 1.807) is 55.6 Å². The lowest BCUT2D eigenvalue weighted by atomic mass is 10.1. The third-order valence-electron chi connectivity index (χ3n) is 5.53. The Hall–Kier alpha value is -3.74. The van der Waals surface area contributed by atoms with Gasteiger partial charge in [-0.25, -0.2) is 0 Å². The molecule has 0 spiro atoms. The fraction of sp³-hybridized carbons (Fsp3) is 0.148. The molecule has 1 fully saturated rings. The van der Waals surface area contributed by atoms with Crippen molar-refractivity contribution < 1.29 is 19.1 Å². The van der Waals surface area contributed by atoms with Gasteiger partial charge in [0.05, 0.1) is 25.2 Å². The van der Waals surface area contributed by atoms with E-state index in [0.29, 0.717) is 29.3 Å². The van der Waals surface area contributed by atoms with Crippen molar-refractivity contribution in [3.05, 3.63) is 93.4 Å². The first-order valence-corrected chi connectivity index (χ1v) is 12.6. The summed E-state index contributed by atoms with van der Waals surface area (Å²) in [6, 6.07) is 23.6. The number of halogens is 1. The van der Waals surface area contributed by atoms with Crippen LogP contribution in [0, 0.1) is 11.3 Å². The number of hydrogen-bond donors (Lipinski definition) is 1. The summed E-state index contributed by atoms with van der Waals surface area (Å²) in [6.07, 6.45) is 0.444. The van der Waals surface area contributed by atoms with Gasteiger partial charge in [-0.15, -0.1) is 0 Å². The summed E-state index contributed by atoms with van der Waals surface area (Å²) in [7, 11) is 3.06. The van der Waals surface area contributed by atoms with E-state index in [1.165, 1.54) is 23.8 Å². The van der Waals surface area contributed by atoms with Crippen LogP contribution in [0.5, 0.6) is 11.5 Å². The highest BCUT2D eigenvalue weighted by atomic mass is 79.9. The van der Waals surface area contributed by atoms with Crippen LogP contribution in [0.15, 0.2) is 87.9 Å². The first-order valence-electron chi connectivity index (χ1n) is 10.9. The number of para-hydroxylation sites is 2. The summed E-state index contributed by atoms with van der Waals surface area (Å²) >= 11 is 4.64. The van der Waals surface area contributed by atoms with Crippen LogP contribution in [0.3, 0.4) is 0 Å². The summed E-state index contributed by atoms with van der Waals surface area (Å²) in [5.74, 6) is 0.258. The normalized spacial score (nSPS) is 16.3. The van der Waals surface area contributed by atoms with Gasteiger partial charge in [0.2, 0.25) is 5.91 Å². The number of nitriles is 1. The maximum Gasteiger partial charge on any atom is 0.269 e. The Balaban J connectivity index is 1.73. The molecule has 1 saturated heterocycles. The lowest BCUT2D eigenvalue weighted by molar-refractivity contribution is -0.117. The summed E-state index contributed by atoms with van der Waals surface area (Å²) < 4.78 is 11.5. The zero-order valence-electron chi connectivity index (χ0n) is 19.5. The Morgan fingerprint density at radius 2 is 1.75 bits per heavy atom. The van der Waals surface area contributed by atoms with Gasteiger partial charge in [-0.05, 0) is 60.5 Å². The highest BCUT2D eigenvalue weighted by molar-refractivity contribution is 9.10. The van der Waals surface area contributed by atoms with Crippen molar-refractivity contribution in [3.63, 3.8) is 0 Å². The number of methoxy groups -OCH3 is 2. The lowest BCUT2D eigenvalue weighted by Gasteiger charge is -2.19. The van der Waals surface area contributed by atoms with Gasteiger partial charge in [0, 0.05) is 10.2 Å². The minimum Gasteiger partial charge on any atom is -0.497 e. The number of carbonyl (C=O) groups excluding carboxylic acids is 2. The highest BCUT2D eigenvalue weighted by Gasteiger charge is 2.41. The largest absolute Gasteiger partial charge is 0.497 e. The summed E-state index contributed by atoms with van der Waals surface area (Å²) in [5, 5.41) is 12.5. The van der Waals surface area contributed by atoms with Gasteiger partial charge in [-0.2, -0.15) is 5.26 Å². The molecule has 2 amide bonds. The van der Waals surface area contributed by atoms with Crippen molar-refractivity contribution in [2.45, 2.75) is 11.7 Å². The molecule has 1 atom stereocenters. The molecule has 0 bridgehead atoms. The van der Waals surface area contributed by atoms with Crippen molar-refractivity contribution >= 4 is 50.9 Å². The number of hydrogen-bond acceptors (Lipinski definition) is 6. The van der Waals surface area contributed by atoms with Crippen molar-refractivity contribution in [1.29, 1.82) is 5.26 Å². The van der Waals surface area contributed by atoms with Crippen molar-refractivity contribution in [2.24, 2.45) is 0 Å². The van der Waals surface area contributed by atoms with Gasteiger partial charge >= 0.3 is 0 Å². The first-order chi connectivity index (χ1) is 17.4. The Bertz CT molecular complexity index is 1350. The van der Waals surface area contributed by atoms with Gasteiger partial charge in [0.1, 0.15) is 28.2 Å². The van der Waals surface area contributed by atoms with Crippen LogP contribution in [0.25, 0.3) is 0 Å². The van der Waals surface area contributed by atoms with Gasteiger partial charge in [0.25, 0.3) is 5.91 Å². The van der Waals surface area contributed by atoms with Crippen LogP contribution in [-0.2, 0) is 16.0 Å². The maximum absolute atomic E-state index is 13.6. The van der Waals surface area contributed by atoms with E-state index in [1.807, 2.05) is 30.3 Å². The number of ether oxygens (including phenoxy) is 2. The Labute approximate surface area is 221 Å². The maximum atomic E-state index is 13.6. The molecule has 1 N–H and O–H groups in total. The lowest BCUT2D eigenvalue weighted by Crippen LogP contribution is -2.30. The van der Waals surface area contributed by atoms with E-state index in [4.69, 9.17) is 9.47 Å². The summed E-state index contributed by atoms with van der Waals surface area (Å²) in [5.41, 5.74) is 1.78. The smallest absolute Gasteiger partial charge is 0.269 e. The molecule has 36 heavy (non-hydrogen) atoms. The Morgan fingerprint density at radius 3 is 2.39 bits per heavy atom. The number of carbonyl (C=O) groups is 2. The molecule has 0 radical (unpaired) electrons. The number of benzene rings is 3. The molecular weight excluding hydrogens is 542 g/mol. The minimum atomic E-state index is -0.625. The van der Waals surface area contributed by atoms with Gasteiger partial charge in [-0.1, -0.05) is 52.0 Å². The molecule has 0 aromatic heterocycles. The minimum absolute atomic E-state index is 0.159. The summed E-state index contributed by atoms with van der Waals surface area (Å²) in [6.45, 7) is 0. The second-order valence-corrected chi connectivity index (χ2v) is 9.86. The molecule has 3 aromatic carbocycles. The molecule has 3 aromatic rings. The predicted molar refractivity (Wildman–Crippen MR) is 144 cm³/mol. The molecule has 0 aliphatic carbocycles. The Morgan fingerprint density at radius 1 is 1.06 bits per heavy atom. The van der Waals surface area contributed by atoms with Crippen LogP contribution in [-0.4, -0.2) is 31.3 Å². The number of amides is 2. The topological polar surface area (TPSA) is 91.7 Å². The molecule has 1 unspecified atom stereocenters. The van der Waals surface area contributed by atoms with E-state index >= 15 is 0 Å². The molecule has 1 heterocycles. The number of anilines is 2. The molecule has 1 aliphatic rings. The van der Waals surface area contributed by atoms with Crippen molar-refractivity contribution in [1.82, 2.24) is 0 Å². The van der Waals surface area contributed by atoms with Crippen LogP contribution >= 0.6 is 27.7 Å². The van der Waals surface area contributed by atoms with E-state index in [-0.39, 0.29) is 16.5 Å². The van der Waals surface area contributed by atoms with E-state index < -0.39 is 11.2 Å². The summed E-state index contributed by atoms with van der Waals surface area (Å²) in [4.78, 5) is 28.3. The average Bonchev–Trinajstić information content (AvgIpc) is 3.21. The van der Waals surface area contributed by atoms with Crippen LogP contribution in [0.1, 0.15) is 5.56 Å². The second kappa shape index (κ2) is 11.3. The quantitative estimate of drug-likeness (QED) is 0.300. The predicted octanol–water partition coefficient (Wildman–Crippen LogP) is 5.53. The van der Waals surface area contributed by atoms with Gasteiger partial charge < -0.3 is 14.8 Å². The Kier molecular flexibility index (Phi) is 7.98. The molecule has 4 rings (SSSR count). The standard InChI is InChI=1S/C27H22BrN3O4S/c1-34-20-13-11-19(12-14-20)31-26(33)24(15-17-7-9-18(28)10-8-17)36-27(31)21(16-29)25(32)30-22-5-3-4-6-23(22)35-2/h3-14,24H,15H2,1-2H3,(H,30,32)/b27-21-. The van der Waals surface area contributed by atoms with Gasteiger partial charge in [-0.3, -0.25) is 14.5 Å². The molecule has 182 valence electrons. The third-order valence-corrected chi connectivity index (χ3v) is 7.32. The molecule has 9 heteroatoms. The van der Waals surface area contributed by atoms with Gasteiger partial charge in [0.15, 0.2) is 0 Å². The second-order valence-electron chi connectivity index (χ2n) is 7.76. The number of nitrogens with zero attached hydrogens (tertiary/aromatic N) is 2. The fourth-order valence-electron chi connectivity index (χ4n) is 3.72. The zero-order valence-corrected chi connectivity index (χ0v) is 21.9. The number of thioether (sulfide) groups is 1. The van der Waals surface area contributed by atoms with Crippen molar-refractivity contribution in [3.8, 4) is 17.6 Å². The van der Waals surface area contributed by atoms with Crippen molar-refractivity contribution in [2.75, 3.05) is 24.4 Å². The number of rotatable bonds is 7. The molecule has 1 aliphatic heterocycles. The van der Waals surface area contributed by atoms with E-state index in [0.717, 1.165) is 10.0 Å². The van der Waals surface area contributed by atoms with E-state index in [2.05, 4.69) is 21.2 Å². The van der Waals surface area contributed by atoms with E-state index in [9.17, 15) is 14.9 Å². The fourth-order valence-corrected chi connectivity index (χ4v) is 5.29.